The molecule has 2 aliphatic rings. The second-order valence-electron chi connectivity index (χ2n) is 5.54. The van der Waals surface area contributed by atoms with E-state index in [4.69, 9.17) is 10.5 Å². The molecule has 1 aliphatic carbocycles. The van der Waals surface area contributed by atoms with E-state index in [1.165, 1.54) is 12.8 Å². The third-order valence-corrected chi connectivity index (χ3v) is 4.27. The number of rotatable bonds is 4. The Morgan fingerprint density at radius 3 is 2.71 bits per heavy atom. The van der Waals surface area contributed by atoms with Crippen LogP contribution in [0.3, 0.4) is 0 Å². The minimum absolute atomic E-state index is 0.0555. The van der Waals surface area contributed by atoms with Crippen LogP contribution in [0.5, 0.6) is 0 Å². The summed E-state index contributed by atoms with van der Waals surface area (Å²) in [6.45, 7) is 2.82. The summed E-state index contributed by atoms with van der Waals surface area (Å²) in [4.78, 5) is 12.0. The molecule has 1 saturated heterocycles. The summed E-state index contributed by atoms with van der Waals surface area (Å²) in [5, 5.41) is 3.09. The van der Waals surface area contributed by atoms with Gasteiger partial charge in [0.15, 0.2) is 0 Å². The molecule has 17 heavy (non-hydrogen) atoms. The monoisotopic (exact) mass is 240 g/mol. The Bertz CT molecular complexity index is 256. The Hall–Kier alpha value is -0.610. The van der Waals surface area contributed by atoms with Crippen molar-refractivity contribution in [1.82, 2.24) is 5.32 Å². The number of amides is 1. The molecule has 0 aromatic carbocycles. The van der Waals surface area contributed by atoms with Crippen molar-refractivity contribution in [1.29, 1.82) is 0 Å². The first-order valence-corrected chi connectivity index (χ1v) is 6.81. The molecule has 0 radical (unpaired) electrons. The average Bonchev–Trinajstić information content (AvgIpc) is 2.86. The number of hydrogen-bond acceptors (Lipinski definition) is 3. The summed E-state index contributed by atoms with van der Waals surface area (Å²) in [5.74, 6) is 0.212. The zero-order chi connectivity index (χ0) is 12.1. The highest BCUT2D eigenvalue weighted by atomic mass is 16.5. The van der Waals surface area contributed by atoms with Crippen LogP contribution in [0.25, 0.3) is 0 Å². The van der Waals surface area contributed by atoms with E-state index in [9.17, 15) is 4.79 Å². The molecule has 1 heterocycles. The Kier molecular flexibility index (Phi) is 4.40. The second kappa shape index (κ2) is 5.83. The predicted octanol–water partition coefficient (Wildman–Crippen LogP) is 1.05. The van der Waals surface area contributed by atoms with Gasteiger partial charge in [-0.2, -0.15) is 0 Å². The van der Waals surface area contributed by atoms with Gasteiger partial charge in [-0.25, -0.2) is 0 Å². The molecule has 1 unspecified atom stereocenters. The van der Waals surface area contributed by atoms with Crippen molar-refractivity contribution in [2.24, 2.45) is 17.1 Å². The van der Waals surface area contributed by atoms with E-state index < -0.39 is 0 Å². The van der Waals surface area contributed by atoms with Crippen molar-refractivity contribution in [3.8, 4) is 0 Å². The minimum Gasteiger partial charge on any atom is -0.381 e. The molecule has 4 heteroatoms. The molecule has 1 aliphatic heterocycles. The highest BCUT2D eigenvalue weighted by Crippen LogP contribution is 2.36. The molecule has 0 spiro atoms. The summed E-state index contributed by atoms with van der Waals surface area (Å²) in [6.07, 6.45) is 6.77. The Labute approximate surface area is 103 Å². The lowest BCUT2D eigenvalue weighted by molar-refractivity contribution is -0.129. The van der Waals surface area contributed by atoms with Gasteiger partial charge in [-0.15, -0.1) is 0 Å². The van der Waals surface area contributed by atoms with Gasteiger partial charge in [0.25, 0.3) is 0 Å². The van der Waals surface area contributed by atoms with Gasteiger partial charge in [-0.05, 0) is 37.6 Å². The van der Waals surface area contributed by atoms with Crippen molar-refractivity contribution in [3.63, 3.8) is 0 Å². The van der Waals surface area contributed by atoms with Crippen LogP contribution in [-0.4, -0.2) is 32.2 Å². The Morgan fingerprint density at radius 1 is 1.35 bits per heavy atom. The lowest BCUT2D eigenvalue weighted by Gasteiger charge is -2.29. The van der Waals surface area contributed by atoms with Crippen LogP contribution in [0.2, 0.25) is 0 Å². The maximum absolute atomic E-state index is 12.0. The molecule has 1 amide bonds. The summed E-state index contributed by atoms with van der Waals surface area (Å²) < 4.78 is 5.34. The first-order valence-electron chi connectivity index (χ1n) is 6.81. The molecule has 1 saturated carbocycles. The van der Waals surface area contributed by atoms with Crippen molar-refractivity contribution >= 4 is 5.91 Å². The van der Waals surface area contributed by atoms with E-state index in [1.807, 2.05) is 0 Å². The lowest BCUT2D eigenvalue weighted by atomic mass is 9.86. The number of ether oxygens (including phenoxy) is 1. The summed E-state index contributed by atoms with van der Waals surface area (Å²) in [5.41, 5.74) is 6.03. The van der Waals surface area contributed by atoms with E-state index >= 15 is 0 Å². The second-order valence-corrected chi connectivity index (χ2v) is 5.54. The van der Waals surface area contributed by atoms with Crippen molar-refractivity contribution in [3.05, 3.63) is 0 Å². The van der Waals surface area contributed by atoms with Gasteiger partial charge in [-0.3, -0.25) is 4.79 Å². The molecule has 1 atom stereocenters. The largest absolute Gasteiger partial charge is 0.381 e. The van der Waals surface area contributed by atoms with Crippen LogP contribution in [0.4, 0.5) is 0 Å². The fourth-order valence-corrected chi connectivity index (χ4v) is 2.94. The molecular weight excluding hydrogens is 216 g/mol. The maximum atomic E-state index is 12.0. The van der Waals surface area contributed by atoms with Crippen LogP contribution in [0.1, 0.15) is 38.5 Å². The van der Waals surface area contributed by atoms with Crippen LogP contribution in [0, 0.1) is 11.3 Å². The van der Waals surface area contributed by atoms with Crippen molar-refractivity contribution in [2.75, 3.05) is 26.3 Å². The fourth-order valence-electron chi connectivity index (χ4n) is 2.94. The molecule has 2 rings (SSSR count). The van der Waals surface area contributed by atoms with E-state index in [0.29, 0.717) is 13.2 Å². The van der Waals surface area contributed by atoms with Gasteiger partial charge in [0, 0.05) is 13.2 Å². The summed E-state index contributed by atoms with van der Waals surface area (Å²) in [6, 6.07) is 0. The highest BCUT2D eigenvalue weighted by Gasteiger charge is 2.33. The predicted molar refractivity (Wildman–Crippen MR) is 66.5 cm³/mol. The Balaban J connectivity index is 1.78. The quantitative estimate of drug-likeness (QED) is 0.772. The number of carbonyl (C=O) groups excluding carboxylic acids is 1. The maximum Gasteiger partial charge on any atom is 0.225 e. The van der Waals surface area contributed by atoms with Crippen LogP contribution in [-0.2, 0) is 9.53 Å². The molecular formula is C13H24N2O2. The average molecular weight is 240 g/mol. The first-order chi connectivity index (χ1) is 8.26. The number of hydrogen-bond donors (Lipinski definition) is 2. The number of carbonyl (C=O) groups is 1. The third-order valence-electron chi connectivity index (χ3n) is 4.27. The van der Waals surface area contributed by atoms with Crippen LogP contribution >= 0.6 is 0 Å². The van der Waals surface area contributed by atoms with Crippen molar-refractivity contribution < 1.29 is 9.53 Å². The summed E-state index contributed by atoms with van der Waals surface area (Å²) >= 11 is 0. The zero-order valence-electron chi connectivity index (χ0n) is 10.5. The van der Waals surface area contributed by atoms with Gasteiger partial charge >= 0.3 is 0 Å². The van der Waals surface area contributed by atoms with E-state index in [1.54, 1.807) is 0 Å². The minimum atomic E-state index is 0.0555. The molecule has 3 N–H and O–H groups in total. The van der Waals surface area contributed by atoms with Crippen LogP contribution in [0.15, 0.2) is 0 Å². The van der Waals surface area contributed by atoms with Crippen molar-refractivity contribution in [2.45, 2.75) is 38.5 Å². The van der Waals surface area contributed by atoms with Crippen LogP contribution < -0.4 is 11.1 Å². The molecule has 0 aromatic rings. The SMILES string of the molecule is NCC1(CNC(=O)C2CCCOC2)CCCC1. The fraction of sp³-hybridized carbons (Fsp3) is 0.923. The van der Waals surface area contributed by atoms with E-state index in [0.717, 1.165) is 38.8 Å². The zero-order valence-corrected chi connectivity index (χ0v) is 10.5. The van der Waals surface area contributed by atoms with Gasteiger partial charge in [-0.1, -0.05) is 12.8 Å². The van der Waals surface area contributed by atoms with E-state index in [2.05, 4.69) is 5.32 Å². The number of nitrogens with one attached hydrogen (secondary N) is 1. The number of nitrogens with two attached hydrogens (primary N) is 1. The van der Waals surface area contributed by atoms with Gasteiger partial charge in [0.05, 0.1) is 12.5 Å². The van der Waals surface area contributed by atoms with E-state index in [-0.39, 0.29) is 17.2 Å². The topological polar surface area (TPSA) is 64.3 Å². The third kappa shape index (κ3) is 3.19. The smallest absolute Gasteiger partial charge is 0.225 e. The molecule has 0 bridgehead atoms. The standard InChI is InChI=1S/C13H24N2O2/c14-9-13(5-1-2-6-13)10-15-12(16)11-4-3-7-17-8-11/h11H,1-10,14H2,(H,15,16). The lowest BCUT2D eigenvalue weighted by Crippen LogP contribution is -2.44. The highest BCUT2D eigenvalue weighted by molar-refractivity contribution is 5.78. The molecule has 2 fully saturated rings. The summed E-state index contributed by atoms with van der Waals surface area (Å²) in [7, 11) is 0. The van der Waals surface area contributed by atoms with Gasteiger partial charge in [0.2, 0.25) is 5.91 Å². The first kappa shape index (κ1) is 12.8. The van der Waals surface area contributed by atoms with Gasteiger partial charge < -0.3 is 15.8 Å². The molecule has 4 nitrogen and oxygen atoms in total. The molecule has 98 valence electrons. The van der Waals surface area contributed by atoms with Gasteiger partial charge in [0.1, 0.15) is 0 Å². The normalized spacial score (nSPS) is 27.9. The molecule has 0 aromatic heterocycles. The Morgan fingerprint density at radius 2 is 2.12 bits per heavy atom.